The van der Waals surface area contributed by atoms with Gasteiger partial charge < -0.3 is 4.42 Å². The van der Waals surface area contributed by atoms with Gasteiger partial charge in [0.05, 0.1) is 12.0 Å². The minimum absolute atomic E-state index is 0.0138. The zero-order chi connectivity index (χ0) is 14.1. The van der Waals surface area contributed by atoms with Crippen LogP contribution in [0.2, 0.25) is 5.02 Å². The summed E-state index contributed by atoms with van der Waals surface area (Å²) in [6.07, 6.45) is 2.88. The summed E-state index contributed by atoms with van der Waals surface area (Å²) >= 11 is 5.88. The van der Waals surface area contributed by atoms with Gasteiger partial charge in [-0.05, 0) is 36.4 Å². The molecule has 100 valence electrons. The molecule has 0 radical (unpaired) electrons. The Morgan fingerprint density at radius 2 is 2.05 bits per heavy atom. The van der Waals surface area contributed by atoms with Crippen LogP contribution in [0.4, 0.5) is 5.69 Å². The van der Waals surface area contributed by atoms with E-state index >= 15 is 0 Å². The van der Waals surface area contributed by atoms with E-state index in [1.54, 1.807) is 36.4 Å². The van der Waals surface area contributed by atoms with Crippen LogP contribution < -0.4 is 10.4 Å². The molecule has 5 nitrogen and oxygen atoms in total. The molecule has 0 bridgehead atoms. The summed E-state index contributed by atoms with van der Waals surface area (Å²) in [7, 11) is 0. The Labute approximate surface area is 119 Å². The average Bonchev–Trinajstić information content (AvgIpc) is 3.02. The Balaban J connectivity index is 1.95. The van der Waals surface area contributed by atoms with Gasteiger partial charge in [0.15, 0.2) is 0 Å². The van der Waals surface area contributed by atoms with Crippen molar-refractivity contribution in [2.24, 2.45) is 0 Å². The van der Waals surface area contributed by atoms with Crippen molar-refractivity contribution in [2.45, 2.75) is 0 Å². The number of benzene rings is 1. The summed E-state index contributed by atoms with van der Waals surface area (Å²) in [6, 6.07) is 10.0. The Hall–Kier alpha value is -2.53. The standard InChI is InChI=1S/C14H9ClN2O3/c15-9-3-1-4-10(7-9)17-14(19)12(13(18)16-17)8-11-5-2-6-20-11/h1-8H,(H,16,18)/b12-8+. The molecular weight excluding hydrogens is 280 g/mol. The normalized spacial score (nSPS) is 16.9. The van der Waals surface area contributed by atoms with Gasteiger partial charge in [-0.3, -0.25) is 15.0 Å². The maximum absolute atomic E-state index is 12.2. The van der Waals surface area contributed by atoms with Crippen molar-refractivity contribution in [3.05, 3.63) is 59.0 Å². The summed E-state index contributed by atoms with van der Waals surface area (Å²) in [5.41, 5.74) is 3.00. The highest BCUT2D eigenvalue weighted by Gasteiger charge is 2.34. The SMILES string of the molecule is O=C1NN(c2cccc(Cl)c2)C(=O)/C1=C/c1ccco1. The third kappa shape index (κ3) is 2.19. The highest BCUT2D eigenvalue weighted by molar-refractivity contribution is 6.33. The highest BCUT2D eigenvalue weighted by Crippen LogP contribution is 2.23. The fourth-order valence-corrected chi connectivity index (χ4v) is 2.05. The Morgan fingerprint density at radius 1 is 1.20 bits per heavy atom. The molecule has 1 saturated heterocycles. The number of carbonyl (C=O) groups is 2. The van der Waals surface area contributed by atoms with E-state index in [-0.39, 0.29) is 5.57 Å². The summed E-state index contributed by atoms with van der Waals surface area (Å²) in [5, 5.41) is 1.64. The van der Waals surface area contributed by atoms with Crippen molar-refractivity contribution in [3.63, 3.8) is 0 Å². The molecule has 1 aliphatic heterocycles. The number of halogens is 1. The zero-order valence-corrected chi connectivity index (χ0v) is 10.9. The van der Waals surface area contributed by atoms with E-state index in [1.807, 2.05) is 0 Å². The lowest BCUT2D eigenvalue weighted by Gasteiger charge is -2.14. The zero-order valence-electron chi connectivity index (χ0n) is 10.2. The van der Waals surface area contributed by atoms with Crippen LogP contribution in [-0.4, -0.2) is 11.8 Å². The third-order valence-electron chi connectivity index (χ3n) is 2.79. The van der Waals surface area contributed by atoms with E-state index in [9.17, 15) is 9.59 Å². The molecule has 2 aromatic rings. The smallest absolute Gasteiger partial charge is 0.282 e. The first-order valence-electron chi connectivity index (χ1n) is 5.81. The van der Waals surface area contributed by atoms with Gasteiger partial charge in [-0.25, -0.2) is 5.01 Å². The predicted molar refractivity (Wildman–Crippen MR) is 73.8 cm³/mol. The number of furan rings is 1. The van der Waals surface area contributed by atoms with Crippen molar-refractivity contribution < 1.29 is 14.0 Å². The van der Waals surface area contributed by atoms with Crippen LogP contribution in [0.5, 0.6) is 0 Å². The largest absolute Gasteiger partial charge is 0.465 e. The number of hydrazine groups is 1. The number of rotatable bonds is 2. The predicted octanol–water partition coefficient (Wildman–Crippen LogP) is 2.39. The topological polar surface area (TPSA) is 62.6 Å². The molecule has 0 unspecified atom stereocenters. The van der Waals surface area contributed by atoms with Gasteiger partial charge in [0.2, 0.25) is 0 Å². The van der Waals surface area contributed by atoms with Crippen molar-refractivity contribution in [1.29, 1.82) is 0 Å². The Kier molecular flexibility index (Phi) is 3.04. The lowest BCUT2D eigenvalue weighted by atomic mass is 10.2. The average molecular weight is 289 g/mol. The first-order chi connectivity index (χ1) is 9.65. The molecule has 1 fully saturated rings. The van der Waals surface area contributed by atoms with Gasteiger partial charge in [0.25, 0.3) is 11.8 Å². The monoisotopic (exact) mass is 288 g/mol. The fourth-order valence-electron chi connectivity index (χ4n) is 1.87. The summed E-state index contributed by atoms with van der Waals surface area (Å²) < 4.78 is 5.10. The molecule has 0 aliphatic carbocycles. The van der Waals surface area contributed by atoms with Gasteiger partial charge >= 0.3 is 0 Å². The van der Waals surface area contributed by atoms with Crippen molar-refractivity contribution in [1.82, 2.24) is 5.43 Å². The molecular formula is C14H9ClN2O3. The molecule has 1 aromatic heterocycles. The molecule has 2 amide bonds. The Morgan fingerprint density at radius 3 is 2.75 bits per heavy atom. The van der Waals surface area contributed by atoms with E-state index in [0.717, 1.165) is 5.01 Å². The number of hydrogen-bond donors (Lipinski definition) is 1. The summed E-state index contributed by atoms with van der Waals surface area (Å²) in [4.78, 5) is 24.1. The highest BCUT2D eigenvalue weighted by atomic mass is 35.5. The molecule has 1 aromatic carbocycles. The van der Waals surface area contributed by atoms with Gasteiger partial charge in [-0.15, -0.1) is 0 Å². The van der Waals surface area contributed by atoms with Crippen molar-refractivity contribution >= 4 is 35.2 Å². The number of amides is 2. The minimum atomic E-state index is -0.480. The van der Waals surface area contributed by atoms with Crippen LogP contribution in [0.25, 0.3) is 6.08 Å². The lowest BCUT2D eigenvalue weighted by Crippen LogP contribution is -2.35. The second-order valence-electron chi connectivity index (χ2n) is 4.13. The minimum Gasteiger partial charge on any atom is -0.465 e. The van der Waals surface area contributed by atoms with E-state index in [4.69, 9.17) is 16.0 Å². The van der Waals surface area contributed by atoms with E-state index < -0.39 is 11.8 Å². The van der Waals surface area contributed by atoms with Crippen molar-refractivity contribution in [2.75, 3.05) is 5.01 Å². The maximum Gasteiger partial charge on any atom is 0.282 e. The molecule has 0 spiro atoms. The molecule has 1 N–H and O–H groups in total. The van der Waals surface area contributed by atoms with Gasteiger partial charge in [-0.1, -0.05) is 17.7 Å². The second kappa shape index (κ2) is 4.86. The second-order valence-corrected chi connectivity index (χ2v) is 4.57. The maximum atomic E-state index is 12.2. The first kappa shape index (κ1) is 12.5. The lowest BCUT2D eigenvalue weighted by molar-refractivity contribution is -0.117. The number of carbonyl (C=O) groups excluding carboxylic acids is 2. The van der Waals surface area contributed by atoms with Crippen LogP contribution in [0.3, 0.4) is 0 Å². The summed E-state index contributed by atoms with van der Waals surface area (Å²) in [5.74, 6) is -0.489. The van der Waals surface area contributed by atoms with Gasteiger partial charge in [0, 0.05) is 5.02 Å². The van der Waals surface area contributed by atoms with Crippen LogP contribution in [0.1, 0.15) is 5.76 Å². The number of nitrogens with zero attached hydrogens (tertiary/aromatic N) is 1. The van der Waals surface area contributed by atoms with E-state index in [0.29, 0.717) is 16.5 Å². The molecule has 2 heterocycles. The number of nitrogens with one attached hydrogen (secondary N) is 1. The van der Waals surface area contributed by atoms with Crippen molar-refractivity contribution in [3.8, 4) is 0 Å². The van der Waals surface area contributed by atoms with Crippen LogP contribution in [-0.2, 0) is 9.59 Å². The summed E-state index contributed by atoms with van der Waals surface area (Å²) in [6.45, 7) is 0. The van der Waals surface area contributed by atoms with Crippen LogP contribution >= 0.6 is 11.6 Å². The van der Waals surface area contributed by atoms with Crippen LogP contribution in [0.15, 0.2) is 52.7 Å². The molecule has 1 aliphatic rings. The fraction of sp³-hybridized carbons (Fsp3) is 0. The molecule has 3 rings (SSSR count). The van der Waals surface area contributed by atoms with Gasteiger partial charge in [-0.2, -0.15) is 0 Å². The first-order valence-corrected chi connectivity index (χ1v) is 6.19. The molecule has 20 heavy (non-hydrogen) atoms. The molecule has 0 atom stereocenters. The molecule has 0 saturated carbocycles. The quantitative estimate of drug-likeness (QED) is 0.682. The van der Waals surface area contributed by atoms with Crippen LogP contribution in [0, 0.1) is 0 Å². The van der Waals surface area contributed by atoms with E-state index in [1.165, 1.54) is 12.3 Å². The van der Waals surface area contributed by atoms with Gasteiger partial charge in [0.1, 0.15) is 11.3 Å². The Bertz CT molecular complexity index is 707. The molecule has 6 heteroatoms. The number of hydrogen-bond acceptors (Lipinski definition) is 3. The number of anilines is 1. The van der Waals surface area contributed by atoms with E-state index in [2.05, 4.69) is 5.43 Å². The third-order valence-corrected chi connectivity index (χ3v) is 3.02.